The minimum absolute atomic E-state index is 0.0470. The maximum absolute atomic E-state index is 13.0. The van der Waals surface area contributed by atoms with E-state index in [0.29, 0.717) is 19.6 Å². The summed E-state index contributed by atoms with van der Waals surface area (Å²) in [7, 11) is 0. The first-order chi connectivity index (χ1) is 12.8. The molecule has 0 radical (unpaired) electrons. The molecule has 0 aromatic heterocycles. The van der Waals surface area contributed by atoms with Crippen molar-refractivity contribution in [2.24, 2.45) is 5.41 Å². The molecular weight excluding hydrogens is 342 g/mol. The lowest BCUT2D eigenvalue weighted by Crippen LogP contribution is -2.56. The van der Waals surface area contributed by atoms with Crippen LogP contribution in [0.5, 0.6) is 0 Å². The van der Waals surface area contributed by atoms with E-state index in [1.807, 2.05) is 39.0 Å². The summed E-state index contributed by atoms with van der Waals surface area (Å²) in [4.78, 5) is 43.6. The maximum Gasteiger partial charge on any atom is 0.327 e. The Bertz CT molecular complexity index is 776. The molecule has 2 saturated heterocycles. The predicted octanol–water partition coefficient (Wildman–Crippen LogP) is 2.45. The molecule has 144 valence electrons. The Hall–Kier alpha value is -2.37. The molecular formula is C21H27N3O3. The first-order valence-corrected chi connectivity index (χ1v) is 9.83. The molecule has 0 spiro atoms. The van der Waals surface area contributed by atoms with Crippen molar-refractivity contribution in [3.05, 3.63) is 35.9 Å². The van der Waals surface area contributed by atoms with E-state index in [-0.39, 0.29) is 29.8 Å². The van der Waals surface area contributed by atoms with Crippen molar-refractivity contribution < 1.29 is 14.4 Å². The monoisotopic (exact) mass is 369 g/mol. The average molecular weight is 369 g/mol. The number of fused-ring (bicyclic) bond motifs is 1. The van der Waals surface area contributed by atoms with Gasteiger partial charge >= 0.3 is 6.03 Å². The molecule has 6 nitrogen and oxygen atoms in total. The second kappa shape index (κ2) is 6.36. The average Bonchev–Trinajstić information content (AvgIpc) is 3.43. The number of hydrogen-bond donors (Lipinski definition) is 0. The first-order valence-electron chi connectivity index (χ1n) is 9.83. The van der Waals surface area contributed by atoms with Crippen LogP contribution in [0.1, 0.15) is 45.1 Å². The van der Waals surface area contributed by atoms with Crippen molar-refractivity contribution in [3.63, 3.8) is 0 Å². The van der Waals surface area contributed by atoms with Gasteiger partial charge in [-0.05, 0) is 18.4 Å². The first kappa shape index (κ1) is 18.0. The van der Waals surface area contributed by atoms with Crippen LogP contribution in [0.25, 0.3) is 0 Å². The van der Waals surface area contributed by atoms with Crippen LogP contribution in [-0.4, -0.2) is 64.3 Å². The maximum atomic E-state index is 13.0. The third-order valence-corrected chi connectivity index (χ3v) is 6.42. The normalized spacial score (nSPS) is 27.8. The molecule has 3 atom stereocenters. The van der Waals surface area contributed by atoms with E-state index < -0.39 is 11.5 Å². The highest BCUT2D eigenvalue weighted by Gasteiger charge is 2.57. The smallest absolute Gasteiger partial charge is 0.327 e. The van der Waals surface area contributed by atoms with Gasteiger partial charge in [0.15, 0.2) is 0 Å². The number of nitrogens with zero attached hydrogens (tertiary/aromatic N) is 3. The summed E-state index contributed by atoms with van der Waals surface area (Å²) in [6, 6.07) is 9.29. The van der Waals surface area contributed by atoms with Gasteiger partial charge in [-0.1, -0.05) is 51.1 Å². The summed E-state index contributed by atoms with van der Waals surface area (Å²) in [5.74, 6) is 0.157. The lowest BCUT2D eigenvalue weighted by molar-refractivity contribution is -0.144. The van der Waals surface area contributed by atoms with Crippen LogP contribution in [0.2, 0.25) is 0 Å². The standard InChI is InChI=1S/C21H27N3O3/c1-4-21(2,3)19(26)22-10-11-23-17(13-22)18(25)24(20(23)27)16-12-15(16)14-8-6-5-7-9-14/h5-9,15-17H,4,10-13H2,1-3H3/t15-,16+,17+/m1/s1. The molecule has 1 aromatic rings. The van der Waals surface area contributed by atoms with Crippen LogP contribution in [0.4, 0.5) is 4.79 Å². The summed E-state index contributed by atoms with van der Waals surface area (Å²) in [5.41, 5.74) is 0.733. The number of imide groups is 1. The van der Waals surface area contributed by atoms with Crippen molar-refractivity contribution >= 4 is 17.8 Å². The van der Waals surface area contributed by atoms with Crippen LogP contribution < -0.4 is 0 Å². The number of carbonyl (C=O) groups excluding carboxylic acids is 3. The van der Waals surface area contributed by atoms with Crippen LogP contribution in [0, 0.1) is 5.41 Å². The molecule has 3 fully saturated rings. The van der Waals surface area contributed by atoms with Gasteiger partial charge in [0.2, 0.25) is 5.91 Å². The molecule has 4 amide bonds. The van der Waals surface area contributed by atoms with Gasteiger partial charge < -0.3 is 9.80 Å². The zero-order chi connectivity index (χ0) is 19.3. The van der Waals surface area contributed by atoms with Gasteiger partial charge in [0, 0.05) is 30.5 Å². The summed E-state index contributed by atoms with van der Waals surface area (Å²) in [6.45, 7) is 7.11. The Morgan fingerprint density at radius 3 is 2.52 bits per heavy atom. The topological polar surface area (TPSA) is 60.9 Å². The molecule has 0 unspecified atom stereocenters. The molecule has 2 heterocycles. The molecule has 1 saturated carbocycles. The van der Waals surface area contributed by atoms with E-state index in [1.54, 1.807) is 9.80 Å². The second-order valence-corrected chi connectivity index (χ2v) is 8.51. The van der Waals surface area contributed by atoms with Gasteiger partial charge in [0.1, 0.15) is 6.04 Å². The number of hydrogen-bond acceptors (Lipinski definition) is 3. The summed E-state index contributed by atoms with van der Waals surface area (Å²) in [6.07, 6.45) is 1.57. The fourth-order valence-electron chi connectivity index (χ4n) is 4.21. The predicted molar refractivity (Wildman–Crippen MR) is 101 cm³/mol. The van der Waals surface area contributed by atoms with Crippen molar-refractivity contribution in [3.8, 4) is 0 Å². The lowest BCUT2D eigenvalue weighted by Gasteiger charge is -2.39. The van der Waals surface area contributed by atoms with Gasteiger partial charge in [-0.25, -0.2) is 4.79 Å². The van der Waals surface area contributed by atoms with E-state index in [1.165, 1.54) is 10.5 Å². The minimum atomic E-state index is -0.528. The van der Waals surface area contributed by atoms with Gasteiger partial charge in [-0.3, -0.25) is 14.5 Å². The third-order valence-electron chi connectivity index (χ3n) is 6.42. The Morgan fingerprint density at radius 1 is 1.15 bits per heavy atom. The Morgan fingerprint density at radius 2 is 1.85 bits per heavy atom. The van der Waals surface area contributed by atoms with Gasteiger partial charge in [0.05, 0.1) is 6.54 Å². The summed E-state index contributed by atoms with van der Waals surface area (Å²) >= 11 is 0. The molecule has 1 aliphatic carbocycles. The summed E-state index contributed by atoms with van der Waals surface area (Å²) < 4.78 is 0. The molecule has 2 aliphatic heterocycles. The quantitative estimate of drug-likeness (QED) is 0.766. The molecule has 27 heavy (non-hydrogen) atoms. The van der Waals surface area contributed by atoms with Gasteiger partial charge in [-0.15, -0.1) is 0 Å². The zero-order valence-electron chi connectivity index (χ0n) is 16.2. The van der Waals surface area contributed by atoms with Crippen LogP contribution in [-0.2, 0) is 9.59 Å². The molecule has 4 rings (SSSR count). The largest absolute Gasteiger partial charge is 0.338 e. The number of benzene rings is 1. The SMILES string of the molecule is CCC(C)(C)C(=O)N1CCN2C(=O)N([C@H]3C[C@@H]3c3ccccc3)C(=O)[C@@H]2C1. The Labute approximate surface area is 160 Å². The highest BCUT2D eigenvalue weighted by molar-refractivity contribution is 6.05. The molecule has 1 aromatic carbocycles. The van der Waals surface area contributed by atoms with Gasteiger partial charge in [0.25, 0.3) is 5.91 Å². The number of piperazine rings is 1. The highest BCUT2D eigenvalue weighted by Crippen LogP contribution is 2.47. The van der Waals surface area contributed by atoms with Gasteiger partial charge in [-0.2, -0.15) is 0 Å². The molecule has 6 heteroatoms. The van der Waals surface area contributed by atoms with E-state index in [0.717, 1.165) is 12.8 Å². The van der Waals surface area contributed by atoms with Crippen LogP contribution >= 0.6 is 0 Å². The van der Waals surface area contributed by atoms with Crippen molar-refractivity contribution in [1.82, 2.24) is 14.7 Å². The van der Waals surface area contributed by atoms with Crippen molar-refractivity contribution in [2.45, 2.75) is 51.6 Å². The van der Waals surface area contributed by atoms with Crippen LogP contribution in [0.3, 0.4) is 0 Å². The molecule has 3 aliphatic rings. The third kappa shape index (κ3) is 2.91. The number of carbonyl (C=O) groups is 3. The second-order valence-electron chi connectivity index (χ2n) is 8.51. The highest BCUT2D eigenvalue weighted by atomic mass is 16.2. The van der Waals surface area contributed by atoms with Crippen molar-refractivity contribution in [2.75, 3.05) is 19.6 Å². The number of rotatable bonds is 4. The Kier molecular flexibility index (Phi) is 4.24. The number of urea groups is 1. The fourth-order valence-corrected chi connectivity index (χ4v) is 4.21. The zero-order valence-corrected chi connectivity index (χ0v) is 16.2. The minimum Gasteiger partial charge on any atom is -0.338 e. The molecule has 0 bridgehead atoms. The fraction of sp³-hybridized carbons (Fsp3) is 0.571. The number of amides is 4. The van der Waals surface area contributed by atoms with Crippen LogP contribution in [0.15, 0.2) is 30.3 Å². The van der Waals surface area contributed by atoms with E-state index >= 15 is 0 Å². The molecule has 0 N–H and O–H groups in total. The lowest BCUT2D eigenvalue weighted by atomic mass is 9.88. The van der Waals surface area contributed by atoms with Crippen molar-refractivity contribution in [1.29, 1.82) is 0 Å². The van der Waals surface area contributed by atoms with E-state index in [2.05, 4.69) is 12.1 Å². The van der Waals surface area contributed by atoms with E-state index in [9.17, 15) is 14.4 Å². The Balaban J connectivity index is 1.48. The van der Waals surface area contributed by atoms with E-state index in [4.69, 9.17) is 0 Å². The summed E-state index contributed by atoms with van der Waals surface area (Å²) in [5, 5.41) is 0.